The van der Waals surface area contributed by atoms with E-state index in [1.165, 1.54) is 16.4 Å². The van der Waals surface area contributed by atoms with Gasteiger partial charge in [-0.3, -0.25) is 4.79 Å². The van der Waals surface area contributed by atoms with Gasteiger partial charge in [0.25, 0.3) is 0 Å². The summed E-state index contributed by atoms with van der Waals surface area (Å²) in [4.78, 5) is 13.5. The van der Waals surface area contributed by atoms with E-state index in [2.05, 4.69) is 15.9 Å². The molecule has 1 aromatic rings. The van der Waals surface area contributed by atoms with Crippen LogP contribution in [0.3, 0.4) is 0 Å². The zero-order chi connectivity index (χ0) is 14.9. The highest BCUT2D eigenvalue weighted by atomic mass is 79.9. The van der Waals surface area contributed by atoms with Crippen molar-refractivity contribution in [3.8, 4) is 0 Å². The molecule has 1 saturated heterocycles. The molecule has 1 aliphatic heterocycles. The van der Waals surface area contributed by atoms with Gasteiger partial charge in [-0.15, -0.1) is 0 Å². The Bertz CT molecular complexity index is 633. The lowest BCUT2D eigenvalue weighted by atomic mass is 10.3. The lowest BCUT2D eigenvalue weighted by Gasteiger charge is -2.19. The van der Waals surface area contributed by atoms with Crippen LogP contribution in [0.25, 0.3) is 0 Å². The third-order valence-corrected chi connectivity index (χ3v) is 5.81. The van der Waals surface area contributed by atoms with Gasteiger partial charge in [0, 0.05) is 30.3 Å². The van der Waals surface area contributed by atoms with Crippen LogP contribution < -0.4 is 5.73 Å². The molecule has 0 saturated carbocycles. The van der Waals surface area contributed by atoms with E-state index in [1.54, 1.807) is 18.0 Å². The predicted octanol–water partition coefficient (Wildman–Crippen LogP) is 0.884. The van der Waals surface area contributed by atoms with Gasteiger partial charge in [0.2, 0.25) is 15.9 Å². The molecule has 2 rings (SSSR count). The molecule has 1 aliphatic rings. The minimum atomic E-state index is -3.70. The van der Waals surface area contributed by atoms with Crippen molar-refractivity contribution >= 4 is 37.5 Å². The highest BCUT2D eigenvalue weighted by Crippen LogP contribution is 2.25. The van der Waals surface area contributed by atoms with E-state index in [-0.39, 0.29) is 17.3 Å². The Morgan fingerprint density at radius 2 is 2.00 bits per heavy atom. The van der Waals surface area contributed by atoms with Crippen LogP contribution in [0.5, 0.6) is 0 Å². The van der Waals surface area contributed by atoms with Crippen LogP contribution in [-0.2, 0) is 14.8 Å². The van der Waals surface area contributed by atoms with Crippen LogP contribution in [-0.4, -0.2) is 50.2 Å². The van der Waals surface area contributed by atoms with Gasteiger partial charge in [-0.05, 0) is 40.5 Å². The summed E-state index contributed by atoms with van der Waals surface area (Å²) in [5.74, 6) is -0.198. The summed E-state index contributed by atoms with van der Waals surface area (Å²) in [6.45, 7) is 0.760. The first kappa shape index (κ1) is 15.3. The van der Waals surface area contributed by atoms with Crippen molar-refractivity contribution in [2.45, 2.75) is 11.3 Å². The molecular weight excluding hydrogens is 346 g/mol. The molecule has 0 bridgehead atoms. The van der Waals surface area contributed by atoms with Crippen LogP contribution in [0.2, 0.25) is 0 Å². The zero-order valence-corrected chi connectivity index (χ0v) is 13.4. The number of amides is 1. The number of nitrogens with zero attached hydrogens (tertiary/aromatic N) is 2. The molecule has 6 nitrogen and oxygen atoms in total. The summed E-state index contributed by atoms with van der Waals surface area (Å²) in [5.41, 5.74) is 6.07. The predicted molar refractivity (Wildman–Crippen MR) is 79.6 cm³/mol. The number of sulfonamides is 1. The fourth-order valence-electron chi connectivity index (χ4n) is 2.00. The van der Waals surface area contributed by atoms with Gasteiger partial charge < -0.3 is 10.6 Å². The number of carbonyl (C=O) groups excluding carboxylic acids is 1. The molecule has 1 amide bonds. The summed E-state index contributed by atoms with van der Waals surface area (Å²) in [6.07, 6.45) is 0.619. The van der Waals surface area contributed by atoms with Gasteiger partial charge in [-0.25, -0.2) is 8.42 Å². The monoisotopic (exact) mass is 361 g/mol. The summed E-state index contributed by atoms with van der Waals surface area (Å²) in [7, 11) is -2.02. The average Bonchev–Trinajstić information content (AvgIpc) is 2.56. The second-order valence-corrected chi connectivity index (χ2v) is 7.48. The SMILES string of the molecule is CN1CCCN(S(=O)(=O)c2ccc(Br)c(N)c2)CC1=O. The van der Waals surface area contributed by atoms with Crippen molar-refractivity contribution in [3.05, 3.63) is 22.7 Å². The number of nitrogen functional groups attached to an aromatic ring is 1. The largest absolute Gasteiger partial charge is 0.398 e. The maximum absolute atomic E-state index is 12.5. The molecule has 1 fully saturated rings. The van der Waals surface area contributed by atoms with Crippen LogP contribution in [0.15, 0.2) is 27.6 Å². The lowest BCUT2D eigenvalue weighted by Crippen LogP contribution is -2.38. The van der Waals surface area contributed by atoms with E-state index in [1.807, 2.05) is 0 Å². The van der Waals surface area contributed by atoms with E-state index < -0.39 is 10.0 Å². The number of halogens is 1. The Labute approximate surface area is 126 Å². The number of likely N-dealkylation sites (N-methyl/N-ethyl adjacent to an activating group) is 1. The minimum Gasteiger partial charge on any atom is -0.398 e. The number of hydrogen-bond acceptors (Lipinski definition) is 4. The van der Waals surface area contributed by atoms with Crippen molar-refractivity contribution in [3.63, 3.8) is 0 Å². The van der Waals surface area contributed by atoms with Crippen LogP contribution in [0, 0.1) is 0 Å². The molecule has 0 unspecified atom stereocenters. The van der Waals surface area contributed by atoms with Crippen molar-refractivity contribution in [1.82, 2.24) is 9.21 Å². The third kappa shape index (κ3) is 2.97. The quantitative estimate of drug-likeness (QED) is 0.792. The Hall–Kier alpha value is -1.12. The van der Waals surface area contributed by atoms with E-state index in [0.717, 1.165) is 0 Å². The van der Waals surface area contributed by atoms with E-state index >= 15 is 0 Å². The highest BCUT2D eigenvalue weighted by molar-refractivity contribution is 9.10. The van der Waals surface area contributed by atoms with Crippen LogP contribution in [0.4, 0.5) is 5.69 Å². The smallest absolute Gasteiger partial charge is 0.243 e. The summed E-state index contributed by atoms with van der Waals surface area (Å²) in [6, 6.07) is 4.47. The molecule has 110 valence electrons. The molecule has 0 radical (unpaired) electrons. The molecule has 8 heteroatoms. The third-order valence-electron chi connectivity index (χ3n) is 3.24. The molecular formula is C12H16BrN3O3S. The molecule has 20 heavy (non-hydrogen) atoms. The van der Waals surface area contributed by atoms with Gasteiger partial charge in [-0.2, -0.15) is 4.31 Å². The van der Waals surface area contributed by atoms with Gasteiger partial charge >= 0.3 is 0 Å². The molecule has 0 atom stereocenters. The van der Waals surface area contributed by atoms with Gasteiger partial charge in [0.1, 0.15) is 0 Å². The Balaban J connectivity index is 2.34. The number of hydrogen-bond donors (Lipinski definition) is 1. The maximum Gasteiger partial charge on any atom is 0.243 e. The Morgan fingerprint density at radius 3 is 2.65 bits per heavy atom. The lowest BCUT2D eigenvalue weighted by molar-refractivity contribution is -0.129. The normalized spacial score (nSPS) is 18.1. The summed E-state index contributed by atoms with van der Waals surface area (Å²) in [5, 5.41) is 0. The molecule has 2 N–H and O–H groups in total. The van der Waals surface area contributed by atoms with Crippen LogP contribution in [0.1, 0.15) is 6.42 Å². The Kier molecular flexibility index (Phi) is 4.36. The zero-order valence-electron chi connectivity index (χ0n) is 11.0. The summed E-state index contributed by atoms with van der Waals surface area (Å²) >= 11 is 3.23. The number of benzene rings is 1. The standard InChI is InChI=1S/C12H16BrN3O3S/c1-15-5-2-6-16(8-12(15)17)20(18,19)9-3-4-10(13)11(14)7-9/h3-4,7H,2,5-6,8,14H2,1H3. The fourth-order valence-corrected chi connectivity index (χ4v) is 3.71. The number of anilines is 1. The number of rotatable bonds is 2. The summed E-state index contributed by atoms with van der Waals surface area (Å²) < 4.78 is 26.9. The van der Waals surface area contributed by atoms with Crippen molar-refractivity contribution in [1.29, 1.82) is 0 Å². The van der Waals surface area contributed by atoms with Crippen LogP contribution >= 0.6 is 15.9 Å². The van der Waals surface area contributed by atoms with Crippen molar-refractivity contribution in [2.24, 2.45) is 0 Å². The molecule has 1 heterocycles. The number of carbonyl (C=O) groups is 1. The fraction of sp³-hybridized carbons (Fsp3) is 0.417. The van der Waals surface area contributed by atoms with Gasteiger partial charge in [-0.1, -0.05) is 0 Å². The molecule has 1 aromatic carbocycles. The number of nitrogens with two attached hydrogens (primary N) is 1. The van der Waals surface area contributed by atoms with Gasteiger partial charge in [0.05, 0.1) is 11.4 Å². The molecule has 0 aromatic heterocycles. The minimum absolute atomic E-state index is 0.107. The first-order chi connectivity index (χ1) is 9.32. The van der Waals surface area contributed by atoms with Crippen molar-refractivity contribution < 1.29 is 13.2 Å². The molecule has 0 aliphatic carbocycles. The second-order valence-electron chi connectivity index (χ2n) is 4.69. The first-order valence-electron chi connectivity index (χ1n) is 6.11. The second kappa shape index (κ2) is 5.71. The van der Waals surface area contributed by atoms with E-state index in [9.17, 15) is 13.2 Å². The Morgan fingerprint density at radius 1 is 1.30 bits per heavy atom. The van der Waals surface area contributed by atoms with E-state index in [0.29, 0.717) is 29.7 Å². The average molecular weight is 362 g/mol. The highest BCUT2D eigenvalue weighted by Gasteiger charge is 2.29. The topological polar surface area (TPSA) is 83.7 Å². The maximum atomic E-state index is 12.5. The van der Waals surface area contributed by atoms with E-state index in [4.69, 9.17) is 5.73 Å². The van der Waals surface area contributed by atoms with Gasteiger partial charge in [0.15, 0.2) is 0 Å². The molecule has 0 spiro atoms. The first-order valence-corrected chi connectivity index (χ1v) is 8.35. The van der Waals surface area contributed by atoms with Crippen molar-refractivity contribution in [2.75, 3.05) is 32.4 Å².